The SMILES string of the molecule is O=C(/C=C/CNC1CC1)Nc1ccc2ncnc3c2c1CCN3c1ccc(OCc2ccccn2)c(Cl)c1. The summed E-state index contributed by atoms with van der Waals surface area (Å²) in [7, 11) is 0. The molecule has 0 atom stereocenters. The molecule has 1 fully saturated rings. The monoisotopic (exact) mass is 526 g/mol. The van der Waals surface area contributed by atoms with Gasteiger partial charge in [0, 0.05) is 48.2 Å². The summed E-state index contributed by atoms with van der Waals surface area (Å²) < 4.78 is 5.89. The first-order chi connectivity index (χ1) is 18.7. The number of benzene rings is 2. The van der Waals surface area contributed by atoms with Crippen LogP contribution in [0.25, 0.3) is 10.9 Å². The van der Waals surface area contributed by atoms with E-state index in [4.69, 9.17) is 16.3 Å². The minimum Gasteiger partial charge on any atom is -0.486 e. The summed E-state index contributed by atoms with van der Waals surface area (Å²) in [5, 5.41) is 7.86. The molecular formula is C29H27ClN6O2. The van der Waals surface area contributed by atoms with Gasteiger partial charge in [-0.15, -0.1) is 0 Å². The van der Waals surface area contributed by atoms with Gasteiger partial charge in [-0.3, -0.25) is 9.78 Å². The smallest absolute Gasteiger partial charge is 0.248 e. The van der Waals surface area contributed by atoms with Crippen LogP contribution in [0.4, 0.5) is 17.2 Å². The van der Waals surface area contributed by atoms with Crippen molar-refractivity contribution in [2.75, 3.05) is 23.3 Å². The summed E-state index contributed by atoms with van der Waals surface area (Å²) in [6.45, 7) is 1.72. The van der Waals surface area contributed by atoms with Crippen molar-refractivity contribution in [1.29, 1.82) is 0 Å². The highest BCUT2D eigenvalue weighted by Crippen LogP contribution is 2.40. The molecule has 1 aliphatic heterocycles. The Kier molecular flexibility index (Phi) is 6.90. The van der Waals surface area contributed by atoms with Crippen molar-refractivity contribution in [3.8, 4) is 5.75 Å². The van der Waals surface area contributed by atoms with E-state index in [9.17, 15) is 4.79 Å². The molecule has 2 N–H and O–H groups in total. The average Bonchev–Trinajstić information content (AvgIpc) is 3.77. The Bertz CT molecular complexity index is 1510. The van der Waals surface area contributed by atoms with Crippen LogP contribution >= 0.6 is 11.6 Å². The van der Waals surface area contributed by atoms with E-state index in [0.717, 1.165) is 45.8 Å². The lowest BCUT2D eigenvalue weighted by Gasteiger charge is -2.31. The summed E-state index contributed by atoms with van der Waals surface area (Å²) >= 11 is 6.61. The molecule has 0 spiro atoms. The standard InChI is InChI=1S/C29H27ClN6O2/c30-23-16-21(8-11-26(23)38-17-20-4-1-2-13-32-20)36-15-12-22-24(9-10-25-28(22)29(36)34-18-33-25)35-27(37)5-3-14-31-19-6-7-19/h1-5,8-11,13,16,18-19,31H,6-7,12,14-15,17H2,(H,35,37)/b5-3+. The van der Waals surface area contributed by atoms with Gasteiger partial charge in [-0.05, 0) is 67.3 Å². The van der Waals surface area contributed by atoms with Crippen LogP contribution in [0.3, 0.4) is 0 Å². The number of nitrogens with one attached hydrogen (secondary N) is 2. The van der Waals surface area contributed by atoms with Gasteiger partial charge >= 0.3 is 0 Å². The number of pyridine rings is 1. The second kappa shape index (κ2) is 10.8. The summed E-state index contributed by atoms with van der Waals surface area (Å²) in [6.07, 6.45) is 9.92. The minimum absolute atomic E-state index is 0.146. The third kappa shape index (κ3) is 5.32. The number of anilines is 3. The quantitative estimate of drug-likeness (QED) is 0.290. The molecule has 9 heteroatoms. The number of hydrogen-bond donors (Lipinski definition) is 2. The van der Waals surface area contributed by atoms with E-state index in [-0.39, 0.29) is 5.91 Å². The largest absolute Gasteiger partial charge is 0.486 e. The van der Waals surface area contributed by atoms with Crippen molar-refractivity contribution in [3.63, 3.8) is 0 Å². The number of hydrogen-bond acceptors (Lipinski definition) is 7. The van der Waals surface area contributed by atoms with Crippen molar-refractivity contribution >= 4 is 45.6 Å². The van der Waals surface area contributed by atoms with Crippen molar-refractivity contribution < 1.29 is 9.53 Å². The van der Waals surface area contributed by atoms with E-state index in [1.54, 1.807) is 18.6 Å². The normalized spacial score (nSPS) is 14.7. The molecule has 192 valence electrons. The van der Waals surface area contributed by atoms with Crippen LogP contribution in [0.5, 0.6) is 5.75 Å². The van der Waals surface area contributed by atoms with Crippen molar-refractivity contribution in [1.82, 2.24) is 20.3 Å². The Morgan fingerprint density at radius 2 is 2.05 bits per heavy atom. The first-order valence-corrected chi connectivity index (χ1v) is 13.1. The molecule has 3 heterocycles. The van der Waals surface area contributed by atoms with Gasteiger partial charge in [0.25, 0.3) is 0 Å². The second-order valence-corrected chi connectivity index (χ2v) is 9.79. The number of rotatable bonds is 9. The predicted molar refractivity (Wildman–Crippen MR) is 149 cm³/mol. The molecule has 1 amide bonds. The molecule has 1 saturated carbocycles. The Hall–Kier alpha value is -4.01. The van der Waals surface area contributed by atoms with Gasteiger partial charge in [0.15, 0.2) is 0 Å². The summed E-state index contributed by atoms with van der Waals surface area (Å²) in [6, 6.07) is 15.9. The van der Waals surface area contributed by atoms with Gasteiger partial charge in [0.2, 0.25) is 5.91 Å². The molecular weight excluding hydrogens is 500 g/mol. The Balaban J connectivity index is 1.22. The molecule has 2 aromatic heterocycles. The van der Waals surface area contributed by atoms with Crippen LogP contribution in [0.1, 0.15) is 24.1 Å². The second-order valence-electron chi connectivity index (χ2n) is 9.38. The van der Waals surface area contributed by atoms with Crippen LogP contribution in [0, 0.1) is 0 Å². The highest BCUT2D eigenvalue weighted by atomic mass is 35.5. The van der Waals surface area contributed by atoms with Gasteiger partial charge in [-0.2, -0.15) is 0 Å². The average molecular weight is 527 g/mol. The Labute approximate surface area is 225 Å². The fourth-order valence-corrected chi connectivity index (χ4v) is 4.87. The molecule has 0 unspecified atom stereocenters. The number of nitrogens with zero attached hydrogens (tertiary/aromatic N) is 4. The maximum Gasteiger partial charge on any atom is 0.248 e. The third-order valence-electron chi connectivity index (χ3n) is 6.69. The molecule has 2 aliphatic rings. The summed E-state index contributed by atoms with van der Waals surface area (Å²) in [5.74, 6) is 1.23. The minimum atomic E-state index is -0.146. The Morgan fingerprint density at radius 3 is 2.87 bits per heavy atom. The topological polar surface area (TPSA) is 92.3 Å². The lowest BCUT2D eigenvalue weighted by molar-refractivity contribution is -0.111. The van der Waals surface area contributed by atoms with Crippen molar-refractivity contribution in [3.05, 3.63) is 89.5 Å². The highest BCUT2D eigenvalue weighted by molar-refractivity contribution is 6.32. The number of ether oxygens (including phenoxy) is 1. The molecule has 38 heavy (non-hydrogen) atoms. The molecule has 6 rings (SSSR count). The first-order valence-electron chi connectivity index (χ1n) is 12.7. The van der Waals surface area contributed by atoms with E-state index < -0.39 is 0 Å². The lowest BCUT2D eigenvalue weighted by Crippen LogP contribution is -2.26. The van der Waals surface area contributed by atoms with E-state index in [0.29, 0.717) is 36.5 Å². The number of carbonyl (C=O) groups excluding carboxylic acids is 1. The molecule has 2 aromatic carbocycles. The van der Waals surface area contributed by atoms with Crippen LogP contribution in [0.2, 0.25) is 5.02 Å². The molecule has 8 nitrogen and oxygen atoms in total. The van der Waals surface area contributed by atoms with Crippen molar-refractivity contribution in [2.24, 2.45) is 0 Å². The highest BCUT2D eigenvalue weighted by Gasteiger charge is 2.25. The van der Waals surface area contributed by atoms with Gasteiger partial charge in [0.05, 0.1) is 16.2 Å². The van der Waals surface area contributed by atoms with Crippen LogP contribution in [0.15, 0.2) is 73.2 Å². The molecule has 0 bridgehead atoms. The Morgan fingerprint density at radius 1 is 1.13 bits per heavy atom. The van der Waals surface area contributed by atoms with Gasteiger partial charge in [0.1, 0.15) is 24.5 Å². The zero-order valence-electron chi connectivity index (χ0n) is 20.7. The first kappa shape index (κ1) is 24.3. The van der Waals surface area contributed by atoms with Crippen LogP contribution < -0.4 is 20.3 Å². The summed E-state index contributed by atoms with van der Waals surface area (Å²) in [4.78, 5) is 28.1. The third-order valence-corrected chi connectivity index (χ3v) is 6.99. The van der Waals surface area contributed by atoms with E-state index in [1.165, 1.54) is 12.8 Å². The van der Waals surface area contributed by atoms with Crippen LogP contribution in [-0.4, -0.2) is 40.0 Å². The zero-order chi connectivity index (χ0) is 25.9. The fourth-order valence-electron chi connectivity index (χ4n) is 4.64. The van der Waals surface area contributed by atoms with E-state index in [2.05, 4.69) is 30.5 Å². The maximum absolute atomic E-state index is 12.6. The maximum atomic E-state index is 12.6. The fraction of sp³-hybridized carbons (Fsp3) is 0.241. The van der Waals surface area contributed by atoms with Gasteiger partial charge in [-0.1, -0.05) is 23.7 Å². The van der Waals surface area contributed by atoms with E-state index >= 15 is 0 Å². The predicted octanol–water partition coefficient (Wildman–Crippen LogP) is 5.20. The summed E-state index contributed by atoms with van der Waals surface area (Å²) in [5.41, 5.74) is 4.39. The zero-order valence-corrected chi connectivity index (χ0v) is 21.5. The van der Waals surface area contributed by atoms with Gasteiger partial charge in [-0.25, -0.2) is 9.97 Å². The molecule has 0 radical (unpaired) electrons. The number of amides is 1. The van der Waals surface area contributed by atoms with E-state index in [1.807, 2.05) is 54.6 Å². The number of halogens is 1. The molecule has 1 aliphatic carbocycles. The molecule has 4 aromatic rings. The number of carbonyl (C=O) groups is 1. The van der Waals surface area contributed by atoms with Crippen LogP contribution in [-0.2, 0) is 17.8 Å². The lowest BCUT2D eigenvalue weighted by atomic mass is 9.98. The molecule has 0 saturated heterocycles. The van der Waals surface area contributed by atoms with Gasteiger partial charge < -0.3 is 20.3 Å². The number of aromatic nitrogens is 3. The van der Waals surface area contributed by atoms with Crippen molar-refractivity contribution in [2.45, 2.75) is 31.9 Å².